The van der Waals surface area contributed by atoms with E-state index in [1.165, 1.54) is 6.20 Å². The third kappa shape index (κ3) is 2.32. The summed E-state index contributed by atoms with van der Waals surface area (Å²) < 4.78 is 5.76. The first-order chi connectivity index (χ1) is 11.7. The first-order valence-corrected chi connectivity index (χ1v) is 7.41. The minimum Gasteiger partial charge on any atom is -0.457 e. The van der Waals surface area contributed by atoms with E-state index in [0.717, 1.165) is 4.90 Å². The van der Waals surface area contributed by atoms with E-state index in [1.807, 2.05) is 30.3 Å². The molecule has 0 aliphatic carbocycles. The smallest absolute Gasteiger partial charge is 0.284 e. The molecule has 1 aliphatic rings. The van der Waals surface area contributed by atoms with Crippen molar-refractivity contribution >= 4 is 17.5 Å². The maximum Gasteiger partial charge on any atom is 0.284 e. The molecule has 4 rings (SSSR count). The SMILES string of the molecule is O=C1c2cccnc2C(=O)N1c1cccc(Oc2ccccc2)c1. The Bertz CT molecular complexity index is 903. The molecule has 0 atom stereocenters. The van der Waals surface area contributed by atoms with Gasteiger partial charge in [0.2, 0.25) is 0 Å². The lowest BCUT2D eigenvalue weighted by atomic mass is 10.2. The first-order valence-electron chi connectivity index (χ1n) is 7.41. The number of aromatic nitrogens is 1. The van der Waals surface area contributed by atoms with Crippen molar-refractivity contribution in [1.29, 1.82) is 0 Å². The number of hydrogen-bond acceptors (Lipinski definition) is 4. The molecule has 1 aromatic heterocycles. The van der Waals surface area contributed by atoms with Crippen molar-refractivity contribution in [3.05, 3.63) is 84.2 Å². The molecule has 0 unspecified atom stereocenters. The van der Waals surface area contributed by atoms with E-state index < -0.39 is 5.91 Å². The van der Waals surface area contributed by atoms with Crippen LogP contribution in [0.4, 0.5) is 5.69 Å². The van der Waals surface area contributed by atoms with Gasteiger partial charge in [-0.05, 0) is 36.4 Å². The minimum absolute atomic E-state index is 0.178. The van der Waals surface area contributed by atoms with Crippen molar-refractivity contribution in [3.63, 3.8) is 0 Å². The number of ether oxygens (including phenoxy) is 1. The Morgan fingerprint density at radius 1 is 0.792 bits per heavy atom. The lowest BCUT2D eigenvalue weighted by molar-refractivity contribution is 0.0924. The summed E-state index contributed by atoms with van der Waals surface area (Å²) in [6, 6.07) is 19.4. The molecule has 5 nitrogen and oxygen atoms in total. The van der Waals surface area contributed by atoms with Crippen LogP contribution < -0.4 is 9.64 Å². The summed E-state index contributed by atoms with van der Waals surface area (Å²) in [5.41, 5.74) is 0.949. The van der Waals surface area contributed by atoms with Crippen molar-refractivity contribution in [2.24, 2.45) is 0 Å². The number of para-hydroxylation sites is 1. The number of benzene rings is 2. The highest BCUT2D eigenvalue weighted by Crippen LogP contribution is 2.30. The summed E-state index contributed by atoms with van der Waals surface area (Å²) in [6.07, 6.45) is 1.50. The average Bonchev–Trinajstić information content (AvgIpc) is 2.87. The molecule has 24 heavy (non-hydrogen) atoms. The zero-order valence-electron chi connectivity index (χ0n) is 12.5. The summed E-state index contributed by atoms with van der Waals surface area (Å²) in [5.74, 6) is 0.425. The van der Waals surface area contributed by atoms with Crippen LogP contribution in [0.2, 0.25) is 0 Å². The van der Waals surface area contributed by atoms with Crippen LogP contribution in [-0.4, -0.2) is 16.8 Å². The molecule has 3 aromatic rings. The zero-order valence-corrected chi connectivity index (χ0v) is 12.5. The third-order valence-corrected chi connectivity index (χ3v) is 3.70. The Balaban J connectivity index is 1.67. The van der Waals surface area contributed by atoms with Crippen LogP contribution in [0, 0.1) is 0 Å². The molecule has 0 N–H and O–H groups in total. The van der Waals surface area contributed by atoms with Gasteiger partial charge in [0, 0.05) is 12.3 Å². The molecule has 5 heteroatoms. The standard InChI is InChI=1S/C19H12N2O3/c22-18-16-10-5-11-20-17(16)19(23)21(18)13-6-4-9-15(12-13)24-14-7-2-1-3-8-14/h1-12H. The lowest BCUT2D eigenvalue weighted by Crippen LogP contribution is -2.29. The number of anilines is 1. The van der Waals surface area contributed by atoms with Gasteiger partial charge in [0.05, 0.1) is 11.3 Å². The Labute approximate surface area is 138 Å². The number of hydrogen-bond donors (Lipinski definition) is 0. The fourth-order valence-electron chi connectivity index (χ4n) is 2.61. The van der Waals surface area contributed by atoms with Crippen molar-refractivity contribution in [1.82, 2.24) is 4.98 Å². The van der Waals surface area contributed by atoms with Crippen LogP contribution in [0.5, 0.6) is 11.5 Å². The summed E-state index contributed by atoms with van der Waals surface area (Å²) in [4.78, 5) is 30.1. The summed E-state index contributed by atoms with van der Waals surface area (Å²) in [5, 5.41) is 0. The number of nitrogens with zero attached hydrogens (tertiary/aromatic N) is 2. The van der Waals surface area contributed by atoms with Gasteiger partial charge in [0.1, 0.15) is 17.2 Å². The number of carbonyl (C=O) groups is 2. The molecule has 116 valence electrons. The molecule has 0 radical (unpaired) electrons. The second kappa shape index (κ2) is 5.62. The predicted molar refractivity (Wildman–Crippen MR) is 88.3 cm³/mol. The summed E-state index contributed by atoms with van der Waals surface area (Å²) in [7, 11) is 0. The van der Waals surface area contributed by atoms with Crippen LogP contribution >= 0.6 is 0 Å². The number of amides is 2. The Morgan fingerprint density at radius 2 is 1.58 bits per heavy atom. The van der Waals surface area contributed by atoms with Crippen LogP contribution in [0.1, 0.15) is 20.8 Å². The van der Waals surface area contributed by atoms with Gasteiger partial charge in [-0.15, -0.1) is 0 Å². The normalized spacial score (nSPS) is 13.1. The van der Waals surface area contributed by atoms with E-state index in [4.69, 9.17) is 4.74 Å². The van der Waals surface area contributed by atoms with Gasteiger partial charge in [-0.2, -0.15) is 0 Å². The molecule has 0 spiro atoms. The number of pyridine rings is 1. The Morgan fingerprint density at radius 3 is 2.38 bits per heavy atom. The van der Waals surface area contributed by atoms with E-state index >= 15 is 0 Å². The Hall–Kier alpha value is -3.47. The van der Waals surface area contributed by atoms with Crippen molar-refractivity contribution in [2.45, 2.75) is 0 Å². The quantitative estimate of drug-likeness (QED) is 0.692. The third-order valence-electron chi connectivity index (χ3n) is 3.70. The van der Waals surface area contributed by atoms with E-state index in [2.05, 4.69) is 4.98 Å². The van der Waals surface area contributed by atoms with E-state index in [1.54, 1.807) is 36.4 Å². The highest BCUT2D eigenvalue weighted by molar-refractivity contribution is 6.33. The highest BCUT2D eigenvalue weighted by atomic mass is 16.5. The van der Waals surface area contributed by atoms with Crippen molar-refractivity contribution in [2.75, 3.05) is 4.90 Å². The molecule has 0 saturated carbocycles. The molecule has 2 heterocycles. The highest BCUT2D eigenvalue weighted by Gasteiger charge is 2.37. The van der Waals surface area contributed by atoms with Gasteiger partial charge in [-0.25, -0.2) is 4.90 Å². The summed E-state index contributed by atoms with van der Waals surface area (Å²) >= 11 is 0. The molecule has 2 amide bonds. The number of fused-ring (bicyclic) bond motifs is 1. The number of carbonyl (C=O) groups excluding carboxylic acids is 2. The van der Waals surface area contributed by atoms with E-state index in [-0.39, 0.29) is 11.6 Å². The van der Waals surface area contributed by atoms with Gasteiger partial charge in [-0.3, -0.25) is 14.6 Å². The van der Waals surface area contributed by atoms with E-state index in [9.17, 15) is 9.59 Å². The second-order valence-electron chi connectivity index (χ2n) is 5.26. The average molecular weight is 316 g/mol. The molecular weight excluding hydrogens is 304 g/mol. The molecular formula is C19H12N2O3. The van der Waals surface area contributed by atoms with E-state index in [0.29, 0.717) is 22.7 Å². The topological polar surface area (TPSA) is 59.5 Å². The van der Waals surface area contributed by atoms with Crippen LogP contribution in [0.15, 0.2) is 72.9 Å². The fraction of sp³-hybridized carbons (Fsp3) is 0. The maximum absolute atomic E-state index is 12.5. The number of rotatable bonds is 3. The molecule has 0 fully saturated rings. The first kappa shape index (κ1) is 14.1. The van der Waals surface area contributed by atoms with Gasteiger partial charge in [0.15, 0.2) is 0 Å². The molecule has 0 bridgehead atoms. The second-order valence-corrected chi connectivity index (χ2v) is 5.26. The van der Waals surface area contributed by atoms with Crippen LogP contribution in [0.3, 0.4) is 0 Å². The van der Waals surface area contributed by atoms with Gasteiger partial charge >= 0.3 is 0 Å². The summed E-state index contributed by atoms with van der Waals surface area (Å²) in [6.45, 7) is 0. The van der Waals surface area contributed by atoms with Gasteiger partial charge in [-0.1, -0.05) is 24.3 Å². The number of imide groups is 1. The van der Waals surface area contributed by atoms with Crippen molar-refractivity contribution < 1.29 is 14.3 Å². The predicted octanol–water partition coefficient (Wildman–Crippen LogP) is 3.67. The maximum atomic E-state index is 12.5. The van der Waals surface area contributed by atoms with Crippen molar-refractivity contribution in [3.8, 4) is 11.5 Å². The van der Waals surface area contributed by atoms with Crippen LogP contribution in [0.25, 0.3) is 0 Å². The molecule has 0 saturated heterocycles. The van der Waals surface area contributed by atoms with Gasteiger partial charge in [0.25, 0.3) is 11.8 Å². The Kier molecular flexibility index (Phi) is 3.31. The fourth-order valence-corrected chi connectivity index (χ4v) is 2.61. The van der Waals surface area contributed by atoms with Crippen LogP contribution in [-0.2, 0) is 0 Å². The monoisotopic (exact) mass is 316 g/mol. The minimum atomic E-state index is -0.424. The largest absolute Gasteiger partial charge is 0.457 e. The van der Waals surface area contributed by atoms with Gasteiger partial charge < -0.3 is 4.74 Å². The zero-order chi connectivity index (χ0) is 16.5. The lowest BCUT2D eigenvalue weighted by Gasteiger charge is -2.15. The molecule has 2 aromatic carbocycles. The molecule has 1 aliphatic heterocycles.